The van der Waals surface area contributed by atoms with E-state index in [2.05, 4.69) is 6.92 Å². The summed E-state index contributed by atoms with van der Waals surface area (Å²) in [6, 6.07) is 0. The average molecular weight is 178 g/mol. The first-order chi connectivity index (χ1) is 4.77. The summed E-state index contributed by atoms with van der Waals surface area (Å²) in [5, 5.41) is 0. The van der Waals surface area contributed by atoms with Crippen LogP contribution >= 0.6 is 21.6 Å². The van der Waals surface area contributed by atoms with Gasteiger partial charge in [0.15, 0.2) is 0 Å². The zero-order valence-electron chi connectivity index (χ0n) is 6.55. The Morgan fingerprint density at radius 3 is 2.60 bits per heavy atom. The molecule has 0 aliphatic carbocycles. The Labute approximate surface area is 70.7 Å². The summed E-state index contributed by atoms with van der Waals surface area (Å²) in [7, 11) is 3.72. The Balaban J connectivity index is 2.84. The molecule has 0 spiro atoms. The largest absolute Gasteiger partial charge is 0.300 e. The van der Waals surface area contributed by atoms with Gasteiger partial charge in [0.25, 0.3) is 0 Å². The number of carbonyl (C=O) groups is 1. The lowest BCUT2D eigenvalue weighted by Gasteiger charge is -1.95. The van der Waals surface area contributed by atoms with Crippen LogP contribution in [-0.2, 0) is 4.79 Å². The standard InChI is InChI=1S/C7H14OS2/c1-3-9-10-6-4-5-7(2)8/h3-6H2,1-2H3. The smallest absolute Gasteiger partial charge is 0.129 e. The van der Waals surface area contributed by atoms with Crippen molar-refractivity contribution < 1.29 is 4.79 Å². The molecule has 0 aliphatic rings. The second-order valence-corrected chi connectivity index (χ2v) is 4.91. The molecule has 10 heavy (non-hydrogen) atoms. The second-order valence-electron chi connectivity index (χ2n) is 2.03. The molecule has 1 nitrogen and oxygen atoms in total. The minimum Gasteiger partial charge on any atom is -0.300 e. The maximum atomic E-state index is 10.5. The maximum absolute atomic E-state index is 10.5. The highest BCUT2D eigenvalue weighted by molar-refractivity contribution is 8.76. The topological polar surface area (TPSA) is 17.1 Å². The van der Waals surface area contributed by atoms with Gasteiger partial charge < -0.3 is 4.79 Å². The molecule has 0 rings (SSSR count). The Kier molecular flexibility index (Phi) is 7.75. The normalized spacial score (nSPS) is 9.80. The lowest BCUT2D eigenvalue weighted by atomic mass is 10.3. The summed E-state index contributed by atoms with van der Waals surface area (Å²) in [5.74, 6) is 2.57. The molecule has 0 aliphatic heterocycles. The Bertz CT molecular complexity index is 93.6. The van der Waals surface area contributed by atoms with Gasteiger partial charge in [-0.2, -0.15) is 0 Å². The van der Waals surface area contributed by atoms with E-state index in [0.29, 0.717) is 5.78 Å². The van der Waals surface area contributed by atoms with Gasteiger partial charge in [0.2, 0.25) is 0 Å². The van der Waals surface area contributed by atoms with Crippen LogP contribution in [0.2, 0.25) is 0 Å². The average Bonchev–Trinajstić information content (AvgIpc) is 1.87. The molecule has 0 aromatic rings. The molecule has 0 heterocycles. The highest BCUT2D eigenvalue weighted by Gasteiger charge is 1.92. The molecule has 0 saturated heterocycles. The van der Waals surface area contributed by atoms with Crippen molar-refractivity contribution in [2.45, 2.75) is 26.7 Å². The molecule has 0 amide bonds. The van der Waals surface area contributed by atoms with Crippen molar-refractivity contribution in [1.82, 2.24) is 0 Å². The fourth-order valence-electron chi connectivity index (χ4n) is 0.522. The number of Topliss-reactive ketones (excluding diaryl/α,β-unsaturated/α-hetero) is 1. The fourth-order valence-corrected chi connectivity index (χ4v) is 2.28. The van der Waals surface area contributed by atoms with E-state index >= 15 is 0 Å². The molecular weight excluding hydrogens is 164 g/mol. The number of carbonyl (C=O) groups excluding carboxylic acids is 1. The monoisotopic (exact) mass is 178 g/mol. The van der Waals surface area contributed by atoms with E-state index in [9.17, 15) is 4.79 Å². The molecular formula is C7H14OS2. The van der Waals surface area contributed by atoms with Crippen molar-refractivity contribution in [3.63, 3.8) is 0 Å². The summed E-state index contributed by atoms with van der Waals surface area (Å²) in [6.07, 6.45) is 1.78. The summed E-state index contributed by atoms with van der Waals surface area (Å²) in [6.45, 7) is 3.79. The predicted molar refractivity (Wildman–Crippen MR) is 50.5 cm³/mol. The molecule has 0 unspecified atom stereocenters. The van der Waals surface area contributed by atoms with Gasteiger partial charge in [-0.05, 0) is 13.3 Å². The van der Waals surface area contributed by atoms with Crippen LogP contribution in [-0.4, -0.2) is 17.3 Å². The van der Waals surface area contributed by atoms with Gasteiger partial charge in [-0.3, -0.25) is 0 Å². The Morgan fingerprint density at radius 1 is 1.40 bits per heavy atom. The fraction of sp³-hybridized carbons (Fsp3) is 0.857. The van der Waals surface area contributed by atoms with Crippen LogP contribution in [0.3, 0.4) is 0 Å². The third-order valence-corrected chi connectivity index (χ3v) is 3.52. The summed E-state index contributed by atoms with van der Waals surface area (Å²) >= 11 is 0. The van der Waals surface area contributed by atoms with Gasteiger partial charge in [-0.15, -0.1) is 0 Å². The maximum Gasteiger partial charge on any atom is 0.129 e. The molecule has 0 aromatic heterocycles. The van der Waals surface area contributed by atoms with Crippen molar-refractivity contribution in [3.8, 4) is 0 Å². The van der Waals surface area contributed by atoms with E-state index in [1.807, 2.05) is 21.6 Å². The zero-order chi connectivity index (χ0) is 7.82. The van der Waals surface area contributed by atoms with Crippen LogP contribution < -0.4 is 0 Å². The van der Waals surface area contributed by atoms with Crippen LogP contribution in [0.25, 0.3) is 0 Å². The van der Waals surface area contributed by atoms with Crippen molar-refractivity contribution in [2.24, 2.45) is 0 Å². The van der Waals surface area contributed by atoms with Gasteiger partial charge in [-0.1, -0.05) is 28.5 Å². The summed E-state index contributed by atoms with van der Waals surface area (Å²) in [4.78, 5) is 10.5. The van der Waals surface area contributed by atoms with Gasteiger partial charge in [0.1, 0.15) is 5.78 Å². The third kappa shape index (κ3) is 8.37. The number of rotatable bonds is 6. The first-order valence-electron chi connectivity index (χ1n) is 3.51. The molecule has 0 atom stereocenters. The first-order valence-corrected chi connectivity index (χ1v) is 6.00. The molecule has 3 heteroatoms. The number of hydrogen-bond acceptors (Lipinski definition) is 3. The lowest BCUT2D eigenvalue weighted by Crippen LogP contribution is -1.89. The molecule has 0 bridgehead atoms. The number of ketones is 1. The zero-order valence-corrected chi connectivity index (χ0v) is 8.19. The van der Waals surface area contributed by atoms with E-state index in [1.165, 1.54) is 0 Å². The predicted octanol–water partition coefficient (Wildman–Crippen LogP) is 2.76. The lowest BCUT2D eigenvalue weighted by molar-refractivity contribution is -0.117. The quantitative estimate of drug-likeness (QED) is 0.460. The molecule has 0 aromatic carbocycles. The Hall–Kier alpha value is 0.370. The van der Waals surface area contributed by atoms with Crippen LogP contribution in [0.1, 0.15) is 26.7 Å². The molecule has 60 valence electrons. The van der Waals surface area contributed by atoms with E-state index in [-0.39, 0.29) is 0 Å². The summed E-state index contributed by atoms with van der Waals surface area (Å²) < 4.78 is 0. The van der Waals surface area contributed by atoms with Gasteiger partial charge in [-0.25, -0.2) is 0 Å². The first kappa shape index (κ1) is 10.4. The van der Waals surface area contributed by atoms with Crippen LogP contribution in [0.5, 0.6) is 0 Å². The highest BCUT2D eigenvalue weighted by atomic mass is 33.1. The van der Waals surface area contributed by atoms with Gasteiger partial charge >= 0.3 is 0 Å². The van der Waals surface area contributed by atoms with E-state index in [4.69, 9.17) is 0 Å². The Morgan fingerprint density at radius 2 is 2.10 bits per heavy atom. The molecule has 0 saturated carbocycles. The van der Waals surface area contributed by atoms with Crippen LogP contribution in [0.15, 0.2) is 0 Å². The highest BCUT2D eigenvalue weighted by Crippen LogP contribution is 2.21. The van der Waals surface area contributed by atoms with Crippen molar-refractivity contribution in [3.05, 3.63) is 0 Å². The van der Waals surface area contributed by atoms with E-state index in [0.717, 1.165) is 24.3 Å². The minimum absolute atomic E-state index is 0.307. The van der Waals surface area contributed by atoms with E-state index < -0.39 is 0 Å². The van der Waals surface area contributed by atoms with Crippen LogP contribution in [0, 0.1) is 0 Å². The van der Waals surface area contributed by atoms with E-state index in [1.54, 1.807) is 6.92 Å². The van der Waals surface area contributed by atoms with Crippen LogP contribution in [0.4, 0.5) is 0 Å². The molecule has 0 N–H and O–H groups in total. The van der Waals surface area contributed by atoms with Crippen molar-refractivity contribution >= 4 is 27.4 Å². The van der Waals surface area contributed by atoms with Gasteiger partial charge in [0, 0.05) is 17.9 Å². The van der Waals surface area contributed by atoms with Gasteiger partial charge in [0.05, 0.1) is 0 Å². The third-order valence-electron chi connectivity index (χ3n) is 0.958. The molecule has 0 fully saturated rings. The van der Waals surface area contributed by atoms with Crippen molar-refractivity contribution in [2.75, 3.05) is 11.5 Å². The number of hydrogen-bond donors (Lipinski definition) is 0. The molecule has 0 radical (unpaired) electrons. The summed E-state index contributed by atoms with van der Waals surface area (Å²) in [5.41, 5.74) is 0. The van der Waals surface area contributed by atoms with Crippen molar-refractivity contribution in [1.29, 1.82) is 0 Å². The second kappa shape index (κ2) is 7.48. The SMILES string of the molecule is CCSSCCCC(C)=O. The minimum atomic E-state index is 0.307.